The minimum Gasteiger partial charge on any atom is -0.444 e. The van der Waals surface area contributed by atoms with Crippen LogP contribution in [0, 0.1) is 11.7 Å². The third kappa shape index (κ3) is 4.82. The van der Waals surface area contributed by atoms with Crippen LogP contribution in [0.5, 0.6) is 0 Å². The van der Waals surface area contributed by atoms with Crippen molar-refractivity contribution in [3.63, 3.8) is 0 Å². The van der Waals surface area contributed by atoms with E-state index in [-0.39, 0.29) is 33.2 Å². The fourth-order valence-electron chi connectivity index (χ4n) is 3.86. The Labute approximate surface area is 196 Å². The SMILES string of the molecule is CC(C)(C)OC(=O)N[C@H](c1nc2cccc(S(C)(=O)=O)c2c(=O)n1-c1ccccc1F)C1CC1. The Morgan fingerprint density at radius 1 is 1.18 bits per heavy atom. The zero-order chi connectivity index (χ0) is 24.8. The Kier molecular flexibility index (Phi) is 5.97. The summed E-state index contributed by atoms with van der Waals surface area (Å²) >= 11 is 0. The number of aromatic nitrogens is 2. The number of hydrogen-bond donors (Lipinski definition) is 1. The number of halogens is 1. The van der Waals surface area contributed by atoms with Gasteiger partial charge in [-0.1, -0.05) is 18.2 Å². The van der Waals surface area contributed by atoms with E-state index in [1.165, 1.54) is 36.4 Å². The van der Waals surface area contributed by atoms with E-state index in [1.54, 1.807) is 26.8 Å². The van der Waals surface area contributed by atoms with E-state index < -0.39 is 38.9 Å². The average molecular weight is 488 g/mol. The predicted octanol–water partition coefficient (Wildman–Crippen LogP) is 3.90. The summed E-state index contributed by atoms with van der Waals surface area (Å²) in [6.45, 7) is 5.19. The number of nitrogens with zero attached hydrogens (tertiary/aromatic N) is 2. The molecule has 1 aliphatic rings. The van der Waals surface area contributed by atoms with Crippen LogP contribution in [0.1, 0.15) is 45.5 Å². The molecular formula is C24H26FN3O5S. The molecule has 1 aromatic heterocycles. The molecule has 0 unspecified atom stereocenters. The molecule has 1 atom stereocenters. The highest BCUT2D eigenvalue weighted by Gasteiger charge is 2.38. The third-order valence-corrected chi connectivity index (χ3v) is 6.56. The van der Waals surface area contributed by atoms with Gasteiger partial charge in [-0.15, -0.1) is 0 Å². The first-order chi connectivity index (χ1) is 15.9. The highest BCUT2D eigenvalue weighted by molar-refractivity contribution is 7.91. The van der Waals surface area contributed by atoms with Gasteiger partial charge >= 0.3 is 6.09 Å². The third-order valence-electron chi connectivity index (χ3n) is 5.42. The van der Waals surface area contributed by atoms with E-state index in [0.29, 0.717) is 0 Å². The van der Waals surface area contributed by atoms with Gasteiger partial charge in [0.1, 0.15) is 17.2 Å². The molecule has 0 bridgehead atoms. The number of alkyl carbamates (subject to hydrolysis) is 1. The van der Waals surface area contributed by atoms with Crippen molar-refractivity contribution in [3.8, 4) is 5.69 Å². The minimum absolute atomic E-state index is 0.0343. The number of hydrogen-bond acceptors (Lipinski definition) is 6. The number of carbonyl (C=O) groups excluding carboxylic acids is 1. The van der Waals surface area contributed by atoms with Gasteiger partial charge in [-0.05, 0) is 63.8 Å². The second-order valence-corrected chi connectivity index (χ2v) is 11.4. The summed E-state index contributed by atoms with van der Waals surface area (Å²) in [5, 5.41) is 2.66. The van der Waals surface area contributed by atoms with E-state index in [2.05, 4.69) is 10.3 Å². The van der Waals surface area contributed by atoms with Gasteiger partial charge in [0.2, 0.25) is 0 Å². The van der Waals surface area contributed by atoms with Crippen molar-refractivity contribution in [1.29, 1.82) is 0 Å². The fourth-order valence-corrected chi connectivity index (χ4v) is 4.75. The van der Waals surface area contributed by atoms with Crippen molar-refractivity contribution in [3.05, 3.63) is 64.5 Å². The van der Waals surface area contributed by atoms with Crippen LogP contribution in [-0.4, -0.2) is 35.9 Å². The van der Waals surface area contributed by atoms with Crippen LogP contribution in [0.3, 0.4) is 0 Å². The number of amides is 1. The lowest BCUT2D eigenvalue weighted by Crippen LogP contribution is -2.39. The zero-order valence-electron chi connectivity index (χ0n) is 19.3. The molecule has 1 N–H and O–H groups in total. The van der Waals surface area contributed by atoms with Crippen LogP contribution in [-0.2, 0) is 14.6 Å². The highest BCUT2D eigenvalue weighted by atomic mass is 32.2. The summed E-state index contributed by atoms with van der Waals surface area (Å²) in [5.74, 6) is -0.606. The van der Waals surface area contributed by atoms with E-state index in [4.69, 9.17) is 4.74 Å². The van der Waals surface area contributed by atoms with E-state index in [9.17, 15) is 22.4 Å². The maximum atomic E-state index is 14.9. The van der Waals surface area contributed by atoms with E-state index in [0.717, 1.165) is 23.7 Å². The van der Waals surface area contributed by atoms with Gasteiger partial charge in [-0.3, -0.25) is 9.36 Å². The van der Waals surface area contributed by atoms with Crippen molar-refractivity contribution in [1.82, 2.24) is 14.9 Å². The van der Waals surface area contributed by atoms with Gasteiger partial charge in [0.05, 0.1) is 27.5 Å². The summed E-state index contributed by atoms with van der Waals surface area (Å²) in [4.78, 5) is 30.8. The van der Waals surface area contributed by atoms with Crippen LogP contribution in [0.4, 0.5) is 9.18 Å². The lowest BCUT2D eigenvalue weighted by atomic mass is 10.1. The molecule has 0 saturated heterocycles. The first-order valence-corrected chi connectivity index (χ1v) is 12.8. The molecule has 1 amide bonds. The summed E-state index contributed by atoms with van der Waals surface area (Å²) in [6.07, 6.45) is 1.85. The minimum atomic E-state index is -3.77. The molecule has 8 nitrogen and oxygen atoms in total. The largest absolute Gasteiger partial charge is 0.444 e. The molecule has 0 spiro atoms. The number of carbonyl (C=O) groups is 1. The quantitative estimate of drug-likeness (QED) is 0.585. The molecule has 3 aromatic rings. The molecule has 1 fully saturated rings. The second kappa shape index (κ2) is 8.50. The number of fused-ring (bicyclic) bond motifs is 1. The predicted molar refractivity (Wildman–Crippen MR) is 125 cm³/mol. The molecule has 1 aliphatic carbocycles. The summed E-state index contributed by atoms with van der Waals surface area (Å²) < 4.78 is 46.2. The number of ether oxygens (including phenoxy) is 1. The van der Waals surface area contributed by atoms with Gasteiger partial charge in [-0.2, -0.15) is 0 Å². The van der Waals surface area contributed by atoms with Crippen molar-refractivity contribution in [2.75, 3.05) is 6.26 Å². The van der Waals surface area contributed by atoms with E-state index >= 15 is 0 Å². The molecule has 4 rings (SSSR count). The average Bonchev–Trinajstić information content (AvgIpc) is 3.55. The maximum Gasteiger partial charge on any atom is 0.408 e. The normalized spacial score (nSPS) is 15.2. The van der Waals surface area contributed by atoms with Gasteiger partial charge in [0.15, 0.2) is 9.84 Å². The zero-order valence-corrected chi connectivity index (χ0v) is 20.1. The van der Waals surface area contributed by atoms with Crippen molar-refractivity contribution < 1.29 is 22.3 Å². The fraction of sp³-hybridized carbons (Fsp3) is 0.375. The molecule has 10 heteroatoms. The number of benzene rings is 2. The van der Waals surface area contributed by atoms with E-state index in [1.807, 2.05) is 0 Å². The Balaban J connectivity index is 2.01. The van der Waals surface area contributed by atoms with Gasteiger partial charge in [-0.25, -0.2) is 22.6 Å². The molecule has 0 radical (unpaired) electrons. The summed E-state index contributed by atoms with van der Waals surface area (Å²) in [7, 11) is -3.77. The lowest BCUT2D eigenvalue weighted by Gasteiger charge is -2.25. The molecule has 1 saturated carbocycles. The lowest BCUT2D eigenvalue weighted by molar-refractivity contribution is 0.0493. The monoisotopic (exact) mass is 487 g/mol. The van der Waals surface area contributed by atoms with Crippen LogP contribution >= 0.6 is 0 Å². The van der Waals surface area contributed by atoms with Gasteiger partial charge in [0, 0.05) is 6.26 Å². The number of nitrogens with one attached hydrogen (secondary N) is 1. The molecule has 180 valence electrons. The maximum absolute atomic E-state index is 14.9. The first kappa shape index (κ1) is 23.9. The van der Waals surface area contributed by atoms with Crippen molar-refractivity contribution >= 4 is 26.8 Å². The Morgan fingerprint density at radius 3 is 2.44 bits per heavy atom. The van der Waals surface area contributed by atoms with Crippen LogP contribution in [0.15, 0.2) is 52.2 Å². The van der Waals surface area contributed by atoms with Gasteiger partial charge in [0.25, 0.3) is 5.56 Å². The standard InChI is InChI=1S/C24H26FN3O5S/c1-24(2,3)33-23(30)27-20(14-12-13-14)21-26-16-9-7-11-18(34(4,31)32)19(16)22(29)28(21)17-10-6-5-8-15(17)25/h5-11,14,20H,12-13H2,1-4H3,(H,27,30)/t20-/m0/s1. The molecular weight excluding hydrogens is 461 g/mol. The van der Waals surface area contributed by atoms with Crippen LogP contribution in [0.25, 0.3) is 16.6 Å². The van der Waals surface area contributed by atoms with Crippen LogP contribution in [0.2, 0.25) is 0 Å². The van der Waals surface area contributed by atoms with Crippen molar-refractivity contribution in [2.45, 2.75) is 50.2 Å². The Morgan fingerprint density at radius 2 is 1.85 bits per heavy atom. The highest BCUT2D eigenvalue weighted by Crippen LogP contribution is 2.41. The summed E-state index contributed by atoms with van der Waals surface area (Å²) in [6, 6.07) is 9.26. The number of rotatable bonds is 5. The van der Waals surface area contributed by atoms with Crippen molar-refractivity contribution in [2.24, 2.45) is 5.92 Å². The summed E-state index contributed by atoms with van der Waals surface area (Å²) in [5.41, 5.74) is -1.42. The Hall–Kier alpha value is -3.27. The molecule has 1 heterocycles. The Bertz CT molecular complexity index is 1440. The first-order valence-electron chi connectivity index (χ1n) is 10.9. The topological polar surface area (TPSA) is 107 Å². The van der Waals surface area contributed by atoms with Gasteiger partial charge < -0.3 is 10.1 Å². The van der Waals surface area contributed by atoms with Crippen LogP contribution < -0.4 is 10.9 Å². The number of para-hydroxylation sites is 1. The number of sulfone groups is 1. The second-order valence-electron chi connectivity index (χ2n) is 9.45. The molecule has 34 heavy (non-hydrogen) atoms. The molecule has 0 aliphatic heterocycles. The smallest absolute Gasteiger partial charge is 0.408 e. The molecule has 2 aromatic carbocycles.